The van der Waals surface area contributed by atoms with Crippen LogP contribution in [0.2, 0.25) is 0 Å². The fourth-order valence-electron chi connectivity index (χ4n) is 4.55. The largest absolute Gasteiger partial charge is 0.481 e. The smallest absolute Gasteiger partial charge is 0.303 e. The molecule has 0 aromatic rings. The van der Waals surface area contributed by atoms with Crippen LogP contribution in [0.15, 0.2) is 12.2 Å². The van der Waals surface area contributed by atoms with Crippen LogP contribution in [0.1, 0.15) is 77.6 Å². The van der Waals surface area contributed by atoms with Crippen LogP contribution in [0.5, 0.6) is 0 Å². The van der Waals surface area contributed by atoms with Crippen molar-refractivity contribution in [3.63, 3.8) is 0 Å². The summed E-state index contributed by atoms with van der Waals surface area (Å²) in [5, 5.41) is 14.9. The van der Waals surface area contributed by atoms with Gasteiger partial charge in [0.25, 0.3) is 0 Å². The first-order valence-corrected chi connectivity index (χ1v) is 12.0. The van der Waals surface area contributed by atoms with Gasteiger partial charge in [0.15, 0.2) is 0 Å². The molecule has 0 aromatic heterocycles. The molecule has 1 amide bonds. The lowest BCUT2D eigenvalue weighted by Crippen LogP contribution is -2.39. The first-order valence-electron chi connectivity index (χ1n) is 11.6. The average molecular weight is 439 g/mol. The van der Waals surface area contributed by atoms with E-state index in [4.69, 9.17) is 22.1 Å². The second-order valence-corrected chi connectivity index (χ2v) is 8.98. The van der Waals surface area contributed by atoms with E-state index < -0.39 is 5.97 Å². The normalized spacial score (nSPS) is 25.0. The summed E-state index contributed by atoms with van der Waals surface area (Å²) in [5.41, 5.74) is 0. The van der Waals surface area contributed by atoms with Crippen molar-refractivity contribution in [2.75, 3.05) is 13.1 Å². The number of hydrogen-bond donors (Lipinski definition) is 3. The number of carbonyl (C=O) groups excluding carboxylic acids is 1. The van der Waals surface area contributed by atoms with Gasteiger partial charge in [0.05, 0.1) is 23.6 Å². The van der Waals surface area contributed by atoms with Gasteiger partial charge in [0.2, 0.25) is 5.91 Å². The Morgan fingerprint density at radius 2 is 1.80 bits per heavy atom. The third-order valence-electron chi connectivity index (χ3n) is 6.14. The van der Waals surface area contributed by atoms with Gasteiger partial charge in [0.1, 0.15) is 0 Å². The summed E-state index contributed by atoms with van der Waals surface area (Å²) in [7, 11) is 0. The number of carboxylic acid groups (broad SMARTS) is 1. The van der Waals surface area contributed by atoms with Crippen molar-refractivity contribution in [2.45, 2.75) is 89.8 Å². The van der Waals surface area contributed by atoms with Gasteiger partial charge in [-0.05, 0) is 50.9 Å². The molecule has 0 unspecified atom stereocenters. The Bertz CT molecular complexity index is 596. The van der Waals surface area contributed by atoms with E-state index in [9.17, 15) is 9.59 Å². The van der Waals surface area contributed by atoms with E-state index in [-0.39, 0.29) is 24.9 Å². The van der Waals surface area contributed by atoms with E-state index in [0.717, 1.165) is 45.1 Å². The molecule has 2 saturated heterocycles. The number of aliphatic carboxylic acids is 1. The predicted molar refractivity (Wildman–Crippen MR) is 122 cm³/mol. The zero-order chi connectivity index (χ0) is 21.8. The van der Waals surface area contributed by atoms with E-state index >= 15 is 0 Å². The highest BCUT2D eigenvalue weighted by Crippen LogP contribution is 2.45. The van der Waals surface area contributed by atoms with Crippen LogP contribution in [-0.2, 0) is 14.3 Å². The van der Waals surface area contributed by atoms with Gasteiger partial charge in [0, 0.05) is 25.4 Å². The van der Waals surface area contributed by atoms with Crippen LogP contribution in [-0.4, -0.2) is 47.3 Å². The lowest BCUT2D eigenvalue weighted by Gasteiger charge is -2.28. The predicted octanol–water partition coefficient (Wildman–Crippen LogP) is 3.98. The standard InChI is InChI=1S/C23H38N2O4S/c1-2-3-9-14-24-22(30)15-21(26)25-16-18-17(19-12-13-20(18)29-19)10-7-5-4-6-8-11-23(27)28/h4-5,17-20H,2-3,6-16H2,1H3,(H,24,30)(H,25,26)(H,27,28)/b5-4-/t17-,18+,19-,20+/m0/s1. The molecule has 2 aliphatic rings. The number of hydrogen-bond acceptors (Lipinski definition) is 4. The second-order valence-electron chi connectivity index (χ2n) is 8.49. The Balaban J connectivity index is 1.67. The minimum atomic E-state index is -0.736. The maximum atomic E-state index is 12.3. The Kier molecular flexibility index (Phi) is 11.4. The van der Waals surface area contributed by atoms with Crippen LogP contribution < -0.4 is 10.6 Å². The van der Waals surface area contributed by atoms with E-state index in [1.165, 1.54) is 12.8 Å². The Hall–Kier alpha value is -1.47. The fraction of sp³-hybridized carbons (Fsp3) is 0.783. The number of ether oxygens (including phenoxy) is 1. The number of amides is 1. The Morgan fingerprint density at radius 3 is 2.53 bits per heavy atom. The van der Waals surface area contributed by atoms with Crippen LogP contribution in [0.4, 0.5) is 0 Å². The molecule has 0 aliphatic carbocycles. The summed E-state index contributed by atoms with van der Waals surface area (Å²) >= 11 is 5.28. The minimum absolute atomic E-state index is 0.0113. The van der Waals surface area contributed by atoms with Crippen LogP contribution in [0.25, 0.3) is 0 Å². The number of unbranched alkanes of at least 4 members (excludes halogenated alkanes) is 3. The lowest BCUT2D eigenvalue weighted by atomic mass is 9.77. The van der Waals surface area contributed by atoms with Crippen molar-refractivity contribution < 1.29 is 19.4 Å². The molecule has 0 saturated carbocycles. The third-order valence-corrected chi connectivity index (χ3v) is 6.43. The van der Waals surface area contributed by atoms with Gasteiger partial charge >= 0.3 is 5.97 Å². The molecule has 6 nitrogen and oxygen atoms in total. The molecule has 2 fully saturated rings. The molecule has 2 rings (SSSR count). The minimum Gasteiger partial charge on any atom is -0.481 e. The number of carboxylic acids is 1. The molecule has 2 aliphatic heterocycles. The van der Waals surface area contributed by atoms with Crippen molar-refractivity contribution in [1.82, 2.24) is 10.6 Å². The van der Waals surface area contributed by atoms with Crippen LogP contribution in [0, 0.1) is 11.8 Å². The maximum Gasteiger partial charge on any atom is 0.303 e. The van der Waals surface area contributed by atoms with Gasteiger partial charge < -0.3 is 20.5 Å². The molecule has 170 valence electrons. The first kappa shape index (κ1) is 24.8. The molecular formula is C23H38N2O4S. The van der Waals surface area contributed by atoms with Crippen molar-refractivity contribution in [3.8, 4) is 0 Å². The quantitative estimate of drug-likeness (QED) is 0.204. The van der Waals surface area contributed by atoms with Gasteiger partial charge in [-0.25, -0.2) is 0 Å². The van der Waals surface area contributed by atoms with Crippen LogP contribution >= 0.6 is 12.2 Å². The van der Waals surface area contributed by atoms with Crippen LogP contribution in [0.3, 0.4) is 0 Å². The highest BCUT2D eigenvalue weighted by molar-refractivity contribution is 7.80. The number of carbonyl (C=O) groups is 2. The van der Waals surface area contributed by atoms with Crippen molar-refractivity contribution in [3.05, 3.63) is 12.2 Å². The molecule has 0 radical (unpaired) electrons. The Labute approximate surface area is 186 Å². The second kappa shape index (κ2) is 13.8. The first-order chi connectivity index (χ1) is 14.5. The number of allylic oxidation sites excluding steroid dienone is 2. The fourth-order valence-corrected chi connectivity index (χ4v) is 4.79. The van der Waals surface area contributed by atoms with E-state index in [2.05, 4.69) is 29.7 Å². The maximum absolute atomic E-state index is 12.3. The summed E-state index contributed by atoms with van der Waals surface area (Å²) < 4.78 is 6.13. The number of rotatable bonds is 15. The highest BCUT2D eigenvalue weighted by atomic mass is 32.1. The average Bonchev–Trinajstić information content (AvgIpc) is 3.30. The van der Waals surface area contributed by atoms with Gasteiger partial charge in [-0.15, -0.1) is 0 Å². The number of fused-ring (bicyclic) bond motifs is 2. The van der Waals surface area contributed by atoms with Gasteiger partial charge in [-0.2, -0.15) is 0 Å². The SMILES string of the molecule is CCCCCNC(=S)CC(=O)NC[C@@H]1[C@H](CC/C=C\CCCC(=O)O)[C@@H]2CC[C@H]1O2. The Morgan fingerprint density at radius 1 is 1.07 bits per heavy atom. The lowest BCUT2D eigenvalue weighted by molar-refractivity contribution is -0.137. The van der Waals surface area contributed by atoms with Crippen molar-refractivity contribution >= 4 is 29.1 Å². The van der Waals surface area contributed by atoms with Crippen molar-refractivity contribution in [1.29, 1.82) is 0 Å². The zero-order valence-corrected chi connectivity index (χ0v) is 19.1. The summed E-state index contributed by atoms with van der Waals surface area (Å²) in [6, 6.07) is 0. The van der Waals surface area contributed by atoms with Gasteiger partial charge in [-0.1, -0.05) is 44.1 Å². The summed E-state index contributed by atoms with van der Waals surface area (Å²) in [6.45, 7) is 3.66. The summed E-state index contributed by atoms with van der Waals surface area (Å²) in [5.74, 6) is 0.106. The summed E-state index contributed by atoms with van der Waals surface area (Å²) in [4.78, 5) is 23.4. The molecular weight excluding hydrogens is 400 g/mol. The van der Waals surface area contributed by atoms with E-state index in [0.29, 0.717) is 35.9 Å². The molecule has 7 heteroatoms. The molecule has 0 aromatic carbocycles. The zero-order valence-electron chi connectivity index (χ0n) is 18.2. The third kappa shape index (κ3) is 8.72. The van der Waals surface area contributed by atoms with Crippen molar-refractivity contribution in [2.24, 2.45) is 11.8 Å². The summed E-state index contributed by atoms with van der Waals surface area (Å²) in [6.07, 6.45) is 14.5. The topological polar surface area (TPSA) is 87.7 Å². The number of thiocarbonyl (C=S) groups is 1. The highest BCUT2D eigenvalue weighted by Gasteiger charge is 2.48. The molecule has 2 heterocycles. The van der Waals surface area contributed by atoms with E-state index in [1.807, 2.05) is 0 Å². The van der Waals surface area contributed by atoms with E-state index in [1.54, 1.807) is 0 Å². The molecule has 2 bridgehead atoms. The number of nitrogens with one attached hydrogen (secondary N) is 2. The molecule has 30 heavy (non-hydrogen) atoms. The van der Waals surface area contributed by atoms with Gasteiger partial charge in [-0.3, -0.25) is 9.59 Å². The molecule has 0 spiro atoms. The molecule has 3 N–H and O–H groups in total. The molecule has 4 atom stereocenters. The monoisotopic (exact) mass is 438 g/mol.